The average molecular weight is 472 g/mol. The van der Waals surface area contributed by atoms with Gasteiger partial charge in [-0.25, -0.2) is 4.98 Å². The lowest BCUT2D eigenvalue weighted by molar-refractivity contribution is 0.101. The highest BCUT2D eigenvalue weighted by Crippen LogP contribution is 2.28. The van der Waals surface area contributed by atoms with Crippen LogP contribution in [0.5, 0.6) is 0 Å². The van der Waals surface area contributed by atoms with Gasteiger partial charge in [0, 0.05) is 27.9 Å². The van der Waals surface area contributed by atoms with Crippen LogP contribution in [0.3, 0.4) is 0 Å². The van der Waals surface area contributed by atoms with Crippen molar-refractivity contribution in [3.63, 3.8) is 0 Å². The molecule has 0 atom stereocenters. The van der Waals surface area contributed by atoms with Gasteiger partial charge in [-0.05, 0) is 55.8 Å². The van der Waals surface area contributed by atoms with Crippen LogP contribution in [0.15, 0.2) is 103 Å². The van der Waals surface area contributed by atoms with Crippen LogP contribution in [0, 0.1) is 13.8 Å². The minimum Gasteiger partial charge on any atom is -0.322 e. The van der Waals surface area contributed by atoms with Crippen molar-refractivity contribution in [1.29, 1.82) is 0 Å². The molecule has 36 heavy (non-hydrogen) atoms. The number of aryl methyl sites for hydroxylation is 2. The van der Waals surface area contributed by atoms with Crippen LogP contribution in [0.4, 0.5) is 11.4 Å². The van der Waals surface area contributed by atoms with Gasteiger partial charge in [0.1, 0.15) is 0 Å². The van der Waals surface area contributed by atoms with Gasteiger partial charge in [0.05, 0.1) is 16.8 Å². The number of amides is 2. The molecule has 4 aromatic carbocycles. The van der Waals surface area contributed by atoms with Crippen LogP contribution in [0.2, 0.25) is 0 Å². The molecule has 0 saturated carbocycles. The molecule has 2 N–H and O–H groups in total. The van der Waals surface area contributed by atoms with Gasteiger partial charge in [0.25, 0.3) is 11.8 Å². The summed E-state index contributed by atoms with van der Waals surface area (Å²) in [6.07, 6.45) is 0. The van der Waals surface area contributed by atoms with Gasteiger partial charge >= 0.3 is 0 Å². The lowest BCUT2D eigenvalue weighted by atomic mass is 10.0. The third kappa shape index (κ3) is 4.86. The van der Waals surface area contributed by atoms with Crippen molar-refractivity contribution in [2.75, 3.05) is 10.6 Å². The summed E-state index contributed by atoms with van der Waals surface area (Å²) in [5.41, 5.74) is 6.84. The minimum atomic E-state index is -0.262. The fourth-order valence-electron chi connectivity index (χ4n) is 4.11. The van der Waals surface area contributed by atoms with Gasteiger partial charge in [-0.3, -0.25) is 9.59 Å². The summed E-state index contributed by atoms with van der Waals surface area (Å²) in [4.78, 5) is 31.1. The quantitative estimate of drug-likeness (QED) is 0.289. The van der Waals surface area contributed by atoms with E-state index in [0.717, 1.165) is 33.3 Å². The van der Waals surface area contributed by atoms with Gasteiger partial charge < -0.3 is 10.6 Å². The van der Waals surface area contributed by atoms with Crippen molar-refractivity contribution in [2.24, 2.45) is 0 Å². The highest BCUT2D eigenvalue weighted by Gasteiger charge is 2.16. The van der Waals surface area contributed by atoms with Crippen molar-refractivity contribution in [3.05, 3.63) is 125 Å². The Balaban J connectivity index is 1.47. The molecule has 0 aliphatic heterocycles. The summed E-state index contributed by atoms with van der Waals surface area (Å²) in [5.74, 6) is -0.508. The van der Waals surface area contributed by atoms with E-state index in [1.807, 2.05) is 92.7 Å². The second-order valence-electron chi connectivity index (χ2n) is 8.75. The summed E-state index contributed by atoms with van der Waals surface area (Å²) in [6, 6.07) is 31.9. The van der Waals surface area contributed by atoms with Crippen LogP contribution >= 0.6 is 0 Å². The number of fused-ring (bicyclic) bond motifs is 1. The van der Waals surface area contributed by atoms with Gasteiger partial charge in [-0.2, -0.15) is 0 Å². The number of benzene rings is 4. The number of nitrogens with one attached hydrogen (secondary N) is 2. The van der Waals surface area contributed by atoms with E-state index in [2.05, 4.69) is 10.6 Å². The number of carbonyl (C=O) groups is 2. The molecule has 5 aromatic rings. The number of pyridine rings is 1. The van der Waals surface area contributed by atoms with Gasteiger partial charge in [0.2, 0.25) is 0 Å². The number of anilines is 2. The van der Waals surface area contributed by atoms with E-state index in [1.54, 1.807) is 24.3 Å². The molecule has 5 rings (SSSR count). The Morgan fingerprint density at radius 2 is 1.36 bits per heavy atom. The van der Waals surface area contributed by atoms with Crippen molar-refractivity contribution in [3.8, 4) is 11.3 Å². The van der Waals surface area contributed by atoms with Crippen molar-refractivity contribution >= 4 is 34.1 Å². The predicted molar refractivity (Wildman–Crippen MR) is 145 cm³/mol. The predicted octanol–water partition coefficient (Wildman–Crippen LogP) is 7.02. The maximum absolute atomic E-state index is 13.5. The number of aromatic nitrogens is 1. The van der Waals surface area contributed by atoms with Gasteiger partial charge in [-0.15, -0.1) is 0 Å². The summed E-state index contributed by atoms with van der Waals surface area (Å²) >= 11 is 0. The molecular formula is C31H25N3O2. The fraction of sp³-hybridized carbons (Fsp3) is 0.0645. The summed E-state index contributed by atoms with van der Waals surface area (Å²) < 4.78 is 0. The molecule has 176 valence electrons. The van der Waals surface area contributed by atoms with E-state index < -0.39 is 0 Å². The Bertz CT molecular complexity index is 1580. The molecule has 0 bridgehead atoms. The van der Waals surface area contributed by atoms with Gasteiger partial charge in [0.15, 0.2) is 0 Å². The molecule has 0 fully saturated rings. The third-order valence-corrected chi connectivity index (χ3v) is 6.05. The number of nitrogens with zero attached hydrogens (tertiary/aromatic N) is 1. The van der Waals surface area contributed by atoms with Crippen molar-refractivity contribution in [2.45, 2.75) is 13.8 Å². The number of hydrogen-bond donors (Lipinski definition) is 2. The molecule has 0 spiro atoms. The van der Waals surface area contributed by atoms with Crippen LogP contribution in [-0.2, 0) is 0 Å². The summed E-state index contributed by atoms with van der Waals surface area (Å²) in [7, 11) is 0. The zero-order valence-corrected chi connectivity index (χ0v) is 20.1. The molecule has 0 radical (unpaired) electrons. The molecule has 1 aromatic heterocycles. The summed E-state index contributed by atoms with van der Waals surface area (Å²) in [5, 5.41) is 6.62. The standard InChI is InChI=1S/C31H25N3O2/c1-20-14-16-22(17-15-20)28-19-27(26-13-6-8-21(2)29(26)34-28)31(36)33-25-12-7-9-23(18-25)30(35)32-24-10-4-3-5-11-24/h3-19H,1-2H3,(H,32,35)(H,33,36). The van der Waals surface area contributed by atoms with E-state index in [-0.39, 0.29) is 11.8 Å². The van der Waals surface area contributed by atoms with E-state index >= 15 is 0 Å². The topological polar surface area (TPSA) is 71.1 Å². The van der Waals surface area contributed by atoms with Crippen LogP contribution in [-0.4, -0.2) is 16.8 Å². The molecule has 1 heterocycles. The van der Waals surface area contributed by atoms with Gasteiger partial charge in [-0.1, -0.05) is 72.3 Å². The smallest absolute Gasteiger partial charge is 0.256 e. The number of rotatable bonds is 5. The number of hydrogen-bond acceptors (Lipinski definition) is 3. The fourth-order valence-corrected chi connectivity index (χ4v) is 4.11. The maximum Gasteiger partial charge on any atom is 0.256 e. The first kappa shape index (κ1) is 23.0. The van der Waals surface area contributed by atoms with E-state index in [1.165, 1.54) is 0 Å². The van der Waals surface area contributed by atoms with Crippen molar-refractivity contribution in [1.82, 2.24) is 4.98 Å². The number of para-hydroxylation sites is 2. The largest absolute Gasteiger partial charge is 0.322 e. The molecule has 0 aliphatic carbocycles. The van der Waals surface area contributed by atoms with Crippen LogP contribution in [0.25, 0.3) is 22.2 Å². The Kier molecular flexibility index (Phi) is 6.29. The Morgan fingerprint density at radius 3 is 2.14 bits per heavy atom. The SMILES string of the molecule is Cc1ccc(-c2cc(C(=O)Nc3cccc(C(=O)Nc4ccccc4)c3)c3cccc(C)c3n2)cc1. The monoisotopic (exact) mass is 471 g/mol. The highest BCUT2D eigenvalue weighted by molar-refractivity contribution is 6.14. The van der Waals surface area contributed by atoms with Crippen LogP contribution in [0.1, 0.15) is 31.8 Å². The first-order valence-electron chi connectivity index (χ1n) is 11.7. The first-order valence-corrected chi connectivity index (χ1v) is 11.7. The Hall–Kier alpha value is -4.77. The normalized spacial score (nSPS) is 10.7. The molecule has 0 unspecified atom stereocenters. The molecule has 5 nitrogen and oxygen atoms in total. The zero-order valence-electron chi connectivity index (χ0n) is 20.1. The third-order valence-electron chi connectivity index (χ3n) is 6.05. The summed E-state index contributed by atoms with van der Waals surface area (Å²) in [6.45, 7) is 4.03. The molecule has 0 aliphatic rings. The van der Waals surface area contributed by atoms with E-state index in [4.69, 9.17) is 4.98 Å². The zero-order chi connectivity index (χ0) is 25.1. The molecular weight excluding hydrogens is 446 g/mol. The minimum absolute atomic E-state index is 0.246. The van der Waals surface area contributed by atoms with E-state index in [9.17, 15) is 9.59 Å². The Morgan fingerprint density at radius 1 is 0.667 bits per heavy atom. The maximum atomic E-state index is 13.5. The Labute approximate surface area is 209 Å². The lowest BCUT2D eigenvalue weighted by Crippen LogP contribution is -2.15. The molecule has 5 heteroatoms. The molecule has 0 saturated heterocycles. The van der Waals surface area contributed by atoms with Crippen LogP contribution < -0.4 is 10.6 Å². The van der Waals surface area contributed by atoms with Crippen molar-refractivity contribution < 1.29 is 9.59 Å². The second-order valence-corrected chi connectivity index (χ2v) is 8.75. The lowest BCUT2D eigenvalue weighted by Gasteiger charge is -2.13. The average Bonchev–Trinajstić information content (AvgIpc) is 2.89. The molecule has 2 amide bonds. The highest BCUT2D eigenvalue weighted by atomic mass is 16.2. The van der Waals surface area contributed by atoms with E-state index in [0.29, 0.717) is 22.5 Å². The number of carbonyl (C=O) groups excluding carboxylic acids is 2. The first-order chi connectivity index (χ1) is 17.5. The second kappa shape index (κ2) is 9.84.